The molecule has 0 bridgehead atoms. The van der Waals surface area contributed by atoms with E-state index in [2.05, 4.69) is 51.2 Å². The maximum Gasteiger partial charge on any atom is 0.231 e. The van der Waals surface area contributed by atoms with E-state index in [0.29, 0.717) is 5.82 Å². The van der Waals surface area contributed by atoms with Crippen LogP contribution in [-0.2, 0) is 11.2 Å². The number of aromatic amines is 1. The highest BCUT2D eigenvalue weighted by Gasteiger charge is 2.43. The summed E-state index contributed by atoms with van der Waals surface area (Å²) in [4.78, 5) is 28.8. The van der Waals surface area contributed by atoms with Crippen LogP contribution in [0.1, 0.15) is 44.9 Å². The molecule has 1 fully saturated rings. The van der Waals surface area contributed by atoms with E-state index in [-0.39, 0.29) is 12.3 Å². The molecule has 1 aromatic carbocycles. The molecule has 6 nitrogen and oxygen atoms in total. The Labute approximate surface area is 186 Å². The molecule has 32 heavy (non-hydrogen) atoms. The molecule has 2 N–H and O–H groups in total. The fourth-order valence-electron chi connectivity index (χ4n) is 3.94. The number of carbonyl (C=O) groups excluding carboxylic acids is 1. The van der Waals surface area contributed by atoms with Gasteiger partial charge in [0.2, 0.25) is 5.91 Å². The van der Waals surface area contributed by atoms with E-state index < -0.39 is 12.1 Å². The number of halogens is 1. The Bertz CT molecular complexity index is 1280. The average Bonchev–Trinajstić information content (AvgIpc) is 3.32. The summed E-state index contributed by atoms with van der Waals surface area (Å²) >= 11 is 0. The van der Waals surface area contributed by atoms with Gasteiger partial charge in [-0.2, -0.15) is 0 Å². The Hall–Kier alpha value is -3.35. The van der Waals surface area contributed by atoms with Crippen LogP contribution < -0.4 is 5.32 Å². The second-order valence-electron chi connectivity index (χ2n) is 7.93. The number of imidazole rings is 1. The minimum absolute atomic E-state index is 0.290. The second-order valence-corrected chi connectivity index (χ2v) is 7.93. The van der Waals surface area contributed by atoms with Crippen molar-refractivity contribution in [3.05, 3.63) is 48.2 Å². The first-order valence-corrected chi connectivity index (χ1v) is 11.2. The van der Waals surface area contributed by atoms with Crippen LogP contribution in [0.2, 0.25) is 0 Å². The number of amides is 1. The minimum Gasteiger partial charge on any atom is -0.344 e. The number of H-pyrrole nitrogens is 1. The topological polar surface area (TPSA) is 83.6 Å². The predicted molar refractivity (Wildman–Crippen MR) is 126 cm³/mol. The quantitative estimate of drug-likeness (QED) is 0.419. The number of benzene rings is 1. The molecular weight excluding hydrogens is 405 g/mol. The molecule has 2 unspecified atom stereocenters. The molecule has 0 radical (unpaired) electrons. The summed E-state index contributed by atoms with van der Waals surface area (Å²) in [6.07, 6.45) is 6.58. The summed E-state index contributed by atoms with van der Waals surface area (Å²) in [5.74, 6) is -0.457. The Kier molecular flexibility index (Phi) is 6.17. The maximum atomic E-state index is 13.2. The molecule has 0 aliphatic heterocycles. The van der Waals surface area contributed by atoms with Crippen LogP contribution >= 0.6 is 0 Å². The van der Waals surface area contributed by atoms with Gasteiger partial charge in [0.25, 0.3) is 0 Å². The van der Waals surface area contributed by atoms with Gasteiger partial charge < -0.3 is 10.3 Å². The predicted octanol–water partition coefficient (Wildman–Crippen LogP) is 5.76. The van der Waals surface area contributed by atoms with Gasteiger partial charge in [-0.25, -0.2) is 14.4 Å². The fourth-order valence-corrected chi connectivity index (χ4v) is 3.94. The van der Waals surface area contributed by atoms with Gasteiger partial charge in [0.1, 0.15) is 12.0 Å². The van der Waals surface area contributed by atoms with Gasteiger partial charge in [0.15, 0.2) is 0 Å². The van der Waals surface area contributed by atoms with Gasteiger partial charge in [-0.3, -0.25) is 9.78 Å². The van der Waals surface area contributed by atoms with E-state index in [9.17, 15) is 9.18 Å². The molecule has 166 valence electrons. The lowest BCUT2D eigenvalue weighted by Gasteiger charge is -2.11. The number of hydrogen-bond acceptors (Lipinski definition) is 4. The third-order valence-electron chi connectivity index (χ3n) is 5.66. The zero-order chi connectivity index (χ0) is 22.8. The van der Waals surface area contributed by atoms with Crippen LogP contribution in [-0.4, -0.2) is 32.0 Å². The number of alkyl halides is 1. The largest absolute Gasteiger partial charge is 0.344 e. The van der Waals surface area contributed by atoms with Gasteiger partial charge in [0, 0.05) is 40.0 Å². The summed E-state index contributed by atoms with van der Waals surface area (Å²) < 4.78 is 13.2. The lowest BCUT2D eigenvalue weighted by molar-refractivity contribution is -0.117. The molecule has 1 saturated carbocycles. The molecule has 3 aromatic heterocycles. The SMILES string of the molecule is CC.CCCc1cc(C)c(-c2cc3cnc(NC(=O)C4CC4F)cc3c3[nH]cnc23)cn1. The van der Waals surface area contributed by atoms with Gasteiger partial charge in [-0.1, -0.05) is 27.2 Å². The maximum absolute atomic E-state index is 13.2. The van der Waals surface area contributed by atoms with E-state index in [1.54, 1.807) is 12.5 Å². The number of hydrogen-bond donors (Lipinski definition) is 2. The van der Waals surface area contributed by atoms with Crippen molar-refractivity contribution in [2.75, 3.05) is 5.32 Å². The van der Waals surface area contributed by atoms with E-state index in [1.807, 2.05) is 26.1 Å². The Balaban J connectivity index is 0.00000119. The number of carbonyl (C=O) groups is 1. The molecule has 7 heteroatoms. The first-order valence-electron chi connectivity index (χ1n) is 11.2. The van der Waals surface area contributed by atoms with E-state index in [1.165, 1.54) is 0 Å². The van der Waals surface area contributed by atoms with Crippen molar-refractivity contribution < 1.29 is 9.18 Å². The molecule has 2 atom stereocenters. The van der Waals surface area contributed by atoms with Crippen molar-refractivity contribution in [2.24, 2.45) is 5.92 Å². The molecular formula is C25H28FN5O. The molecule has 0 saturated heterocycles. The van der Waals surface area contributed by atoms with Crippen LogP contribution in [0.25, 0.3) is 32.9 Å². The molecule has 5 rings (SSSR count). The number of nitrogens with one attached hydrogen (secondary N) is 2. The number of nitrogens with zero attached hydrogens (tertiary/aromatic N) is 3. The Morgan fingerprint density at radius 3 is 2.62 bits per heavy atom. The van der Waals surface area contributed by atoms with Crippen LogP contribution in [0.3, 0.4) is 0 Å². The normalized spacial score (nSPS) is 17.2. The molecule has 3 heterocycles. The average molecular weight is 434 g/mol. The lowest BCUT2D eigenvalue weighted by Crippen LogP contribution is -2.15. The Morgan fingerprint density at radius 2 is 1.94 bits per heavy atom. The summed E-state index contributed by atoms with van der Waals surface area (Å²) in [6.45, 7) is 8.23. The van der Waals surface area contributed by atoms with Crippen molar-refractivity contribution in [2.45, 2.75) is 53.1 Å². The van der Waals surface area contributed by atoms with Crippen molar-refractivity contribution in [1.29, 1.82) is 0 Å². The number of aromatic nitrogens is 4. The summed E-state index contributed by atoms with van der Waals surface area (Å²) in [7, 11) is 0. The van der Waals surface area contributed by atoms with Gasteiger partial charge in [0.05, 0.1) is 23.3 Å². The number of rotatable bonds is 5. The number of anilines is 1. The molecule has 4 aromatic rings. The summed E-state index contributed by atoms with van der Waals surface area (Å²) in [5.41, 5.74) is 5.97. The first kappa shape index (κ1) is 21.9. The van der Waals surface area contributed by atoms with Crippen molar-refractivity contribution in [3.8, 4) is 11.1 Å². The lowest BCUT2D eigenvalue weighted by atomic mass is 9.97. The van der Waals surface area contributed by atoms with Crippen LogP contribution in [0, 0.1) is 12.8 Å². The summed E-state index contributed by atoms with van der Waals surface area (Å²) in [6, 6.07) is 6.00. The smallest absolute Gasteiger partial charge is 0.231 e. The zero-order valence-corrected chi connectivity index (χ0v) is 18.9. The fraction of sp³-hybridized carbons (Fsp3) is 0.360. The number of aryl methyl sites for hydroxylation is 2. The second kappa shape index (κ2) is 9.02. The van der Waals surface area contributed by atoms with E-state index in [0.717, 1.165) is 57.0 Å². The summed E-state index contributed by atoms with van der Waals surface area (Å²) in [5, 5.41) is 4.55. The number of pyridine rings is 2. The van der Waals surface area contributed by atoms with Gasteiger partial charge in [-0.15, -0.1) is 0 Å². The van der Waals surface area contributed by atoms with Crippen LogP contribution in [0.5, 0.6) is 0 Å². The monoisotopic (exact) mass is 433 g/mol. The third kappa shape index (κ3) is 4.07. The molecule has 0 spiro atoms. The standard InChI is InChI=1S/C23H22FN5O.C2H6/c1-3-4-14-5-12(2)18(10-25-14)16-6-13-9-26-20(29-23(30)17-7-19(17)24)8-15(13)21-22(16)28-11-27-21;1-2/h5-6,8-11,17,19H,3-4,7H2,1-2H3,(H,27,28)(H,26,29,30);1-2H3. The highest BCUT2D eigenvalue weighted by molar-refractivity contribution is 6.11. The van der Waals surface area contributed by atoms with Gasteiger partial charge in [-0.05, 0) is 43.5 Å². The van der Waals surface area contributed by atoms with E-state index in [4.69, 9.17) is 0 Å². The number of fused-ring (bicyclic) bond motifs is 3. The third-order valence-corrected chi connectivity index (χ3v) is 5.66. The van der Waals surface area contributed by atoms with Crippen molar-refractivity contribution in [1.82, 2.24) is 19.9 Å². The zero-order valence-electron chi connectivity index (χ0n) is 18.9. The Morgan fingerprint density at radius 1 is 1.16 bits per heavy atom. The molecule has 1 aliphatic carbocycles. The first-order chi connectivity index (χ1) is 15.5. The minimum atomic E-state index is -1.03. The van der Waals surface area contributed by atoms with Crippen LogP contribution in [0.15, 0.2) is 36.9 Å². The molecule has 1 amide bonds. The van der Waals surface area contributed by atoms with E-state index >= 15 is 0 Å². The highest BCUT2D eigenvalue weighted by atomic mass is 19.1. The molecule has 1 aliphatic rings. The van der Waals surface area contributed by atoms with Gasteiger partial charge >= 0.3 is 0 Å². The van der Waals surface area contributed by atoms with Crippen molar-refractivity contribution >= 4 is 33.5 Å². The highest BCUT2D eigenvalue weighted by Crippen LogP contribution is 2.36. The van der Waals surface area contributed by atoms with Crippen LogP contribution in [0.4, 0.5) is 10.2 Å². The van der Waals surface area contributed by atoms with Crippen molar-refractivity contribution in [3.63, 3.8) is 0 Å².